The van der Waals surface area contributed by atoms with Crippen LogP contribution in [0.1, 0.15) is 64.7 Å². The molecule has 1 N–H and O–H groups in total. The van der Waals surface area contributed by atoms with E-state index in [1.54, 1.807) is 6.92 Å². The highest BCUT2D eigenvalue weighted by atomic mass is 16.6. The second-order valence-electron chi connectivity index (χ2n) is 6.84. The van der Waals surface area contributed by atoms with Crippen LogP contribution in [0, 0.1) is 10.1 Å². The minimum atomic E-state index is -0.493. The van der Waals surface area contributed by atoms with E-state index in [1.807, 2.05) is 0 Å². The van der Waals surface area contributed by atoms with Gasteiger partial charge in [0, 0.05) is 30.7 Å². The maximum atomic E-state index is 11.8. The van der Waals surface area contributed by atoms with Crippen molar-refractivity contribution >= 4 is 17.6 Å². The van der Waals surface area contributed by atoms with Crippen LogP contribution in [0.15, 0.2) is 36.4 Å². The van der Waals surface area contributed by atoms with Gasteiger partial charge < -0.3 is 10.1 Å². The largest absolute Gasteiger partial charge is 0.427 e. The van der Waals surface area contributed by atoms with E-state index < -0.39 is 4.92 Å². The molecule has 1 rings (SSSR count). The van der Waals surface area contributed by atoms with Crippen molar-refractivity contribution in [2.75, 3.05) is 6.54 Å². The molecule has 1 aromatic carbocycles. The van der Waals surface area contributed by atoms with Crippen LogP contribution in [-0.2, 0) is 9.59 Å². The Hall–Kier alpha value is -2.70. The zero-order valence-electron chi connectivity index (χ0n) is 16.6. The number of carbonyl (C=O) groups excluding carboxylic acids is 2. The van der Waals surface area contributed by atoms with Crippen molar-refractivity contribution < 1.29 is 19.2 Å². The summed E-state index contributed by atoms with van der Waals surface area (Å²) in [5.74, 6) is -0.0622. The normalized spacial score (nSPS) is 10.3. The Morgan fingerprint density at radius 3 is 2.07 bits per heavy atom. The third-order valence-corrected chi connectivity index (χ3v) is 4.26. The summed E-state index contributed by atoms with van der Waals surface area (Å²) in [6.45, 7) is 5.99. The van der Waals surface area contributed by atoms with Crippen LogP contribution in [0.4, 0.5) is 5.69 Å². The second kappa shape index (κ2) is 13.5. The number of nitrogens with one attached hydrogen (secondary N) is 1. The van der Waals surface area contributed by atoms with Gasteiger partial charge in [0.2, 0.25) is 5.91 Å². The molecular weight excluding hydrogens is 360 g/mol. The number of amides is 1. The zero-order chi connectivity index (χ0) is 20.8. The van der Waals surface area contributed by atoms with E-state index in [-0.39, 0.29) is 17.6 Å². The van der Waals surface area contributed by atoms with Crippen LogP contribution >= 0.6 is 0 Å². The highest BCUT2D eigenvalue weighted by molar-refractivity contribution is 5.91. The van der Waals surface area contributed by atoms with Crippen molar-refractivity contribution in [1.82, 2.24) is 5.32 Å². The van der Waals surface area contributed by atoms with Gasteiger partial charge in [0.25, 0.3) is 5.69 Å². The number of unbranched alkanes of at least 4 members (excludes halogenated alkanes) is 7. The average Bonchev–Trinajstić information content (AvgIpc) is 2.66. The lowest BCUT2D eigenvalue weighted by Crippen LogP contribution is -2.24. The summed E-state index contributed by atoms with van der Waals surface area (Å²) in [6.07, 6.45) is 8.69. The van der Waals surface area contributed by atoms with Gasteiger partial charge in [0.15, 0.2) is 0 Å². The van der Waals surface area contributed by atoms with Gasteiger partial charge in [-0.3, -0.25) is 19.7 Å². The van der Waals surface area contributed by atoms with Crippen LogP contribution in [0.2, 0.25) is 0 Å². The Morgan fingerprint density at radius 2 is 1.54 bits per heavy atom. The number of rotatable bonds is 14. The molecule has 0 aliphatic carbocycles. The van der Waals surface area contributed by atoms with Crippen molar-refractivity contribution in [1.29, 1.82) is 0 Å². The van der Waals surface area contributed by atoms with Crippen LogP contribution in [-0.4, -0.2) is 23.3 Å². The van der Waals surface area contributed by atoms with Crippen LogP contribution < -0.4 is 10.1 Å². The summed E-state index contributed by atoms with van der Waals surface area (Å²) in [4.78, 5) is 33.1. The average molecular weight is 390 g/mol. The monoisotopic (exact) mass is 390 g/mol. The Labute approximate surface area is 166 Å². The molecule has 0 spiro atoms. The molecule has 0 aliphatic heterocycles. The summed E-state index contributed by atoms with van der Waals surface area (Å²) in [6, 6.07) is 5.49. The number of non-ortho nitro benzene ring substituents is 1. The van der Waals surface area contributed by atoms with E-state index in [0.29, 0.717) is 24.3 Å². The molecule has 0 fully saturated rings. The fourth-order valence-corrected chi connectivity index (χ4v) is 2.63. The number of hydrogen-bond donors (Lipinski definition) is 1. The van der Waals surface area contributed by atoms with Crippen LogP contribution in [0.25, 0.3) is 0 Å². The topological polar surface area (TPSA) is 98.5 Å². The third kappa shape index (κ3) is 10.4. The lowest BCUT2D eigenvalue weighted by molar-refractivity contribution is -0.384. The molecule has 0 atom stereocenters. The summed E-state index contributed by atoms with van der Waals surface area (Å²) in [5, 5.41) is 13.4. The van der Waals surface area contributed by atoms with Gasteiger partial charge in [0.1, 0.15) is 5.75 Å². The van der Waals surface area contributed by atoms with Crippen molar-refractivity contribution in [3.05, 3.63) is 46.5 Å². The molecule has 0 saturated heterocycles. The van der Waals surface area contributed by atoms with E-state index >= 15 is 0 Å². The van der Waals surface area contributed by atoms with Gasteiger partial charge in [-0.05, 0) is 31.9 Å². The lowest BCUT2D eigenvalue weighted by atomic mass is 10.1. The summed E-state index contributed by atoms with van der Waals surface area (Å²) < 4.78 is 5.17. The summed E-state index contributed by atoms with van der Waals surface area (Å²) in [5.41, 5.74) is 0.507. The number of ether oxygens (including phenoxy) is 1. The quantitative estimate of drug-likeness (QED) is 0.124. The maximum absolute atomic E-state index is 11.8. The molecule has 154 valence electrons. The number of nitrogens with zero attached hydrogens (tertiary/aromatic N) is 1. The first-order valence-electron chi connectivity index (χ1n) is 9.79. The number of esters is 1. The number of benzene rings is 1. The molecule has 0 heterocycles. The first-order chi connectivity index (χ1) is 13.4. The van der Waals surface area contributed by atoms with Gasteiger partial charge in [-0.25, -0.2) is 0 Å². The van der Waals surface area contributed by atoms with Crippen molar-refractivity contribution in [2.24, 2.45) is 0 Å². The number of nitro benzene ring substituents is 1. The number of nitro groups is 1. The standard InChI is InChI=1S/C21H30N2O5/c1-17(2)21(25)22-16-10-8-6-4-3-5-7-9-11-20(24)28-19-14-12-18(13-15-19)23(26)27/h12-15H,1,3-11,16H2,2H3,(H,22,25). The highest BCUT2D eigenvalue weighted by Gasteiger charge is 2.08. The minimum absolute atomic E-state index is 0.0311. The molecule has 1 amide bonds. The minimum Gasteiger partial charge on any atom is -0.427 e. The van der Waals surface area contributed by atoms with Gasteiger partial charge in [-0.1, -0.05) is 45.1 Å². The Bertz CT molecular complexity index is 655. The van der Waals surface area contributed by atoms with Crippen molar-refractivity contribution in [3.8, 4) is 5.75 Å². The van der Waals surface area contributed by atoms with Crippen molar-refractivity contribution in [3.63, 3.8) is 0 Å². The molecule has 0 aliphatic rings. The van der Waals surface area contributed by atoms with Gasteiger partial charge in [-0.2, -0.15) is 0 Å². The van der Waals surface area contributed by atoms with Gasteiger partial charge >= 0.3 is 5.97 Å². The molecule has 28 heavy (non-hydrogen) atoms. The molecule has 0 saturated carbocycles. The Kier molecular flexibility index (Phi) is 11.2. The van der Waals surface area contributed by atoms with E-state index in [0.717, 1.165) is 51.4 Å². The van der Waals surface area contributed by atoms with E-state index in [1.165, 1.54) is 24.3 Å². The van der Waals surface area contributed by atoms with Gasteiger partial charge in [0.05, 0.1) is 4.92 Å². The highest BCUT2D eigenvalue weighted by Crippen LogP contribution is 2.18. The zero-order valence-corrected chi connectivity index (χ0v) is 16.6. The molecular formula is C21H30N2O5. The van der Waals surface area contributed by atoms with E-state index in [9.17, 15) is 19.7 Å². The van der Waals surface area contributed by atoms with E-state index in [2.05, 4.69) is 11.9 Å². The Balaban J connectivity index is 1.96. The fraction of sp³-hybridized carbons (Fsp3) is 0.524. The molecule has 0 aromatic heterocycles. The smallest absolute Gasteiger partial charge is 0.311 e. The first-order valence-corrected chi connectivity index (χ1v) is 9.79. The van der Waals surface area contributed by atoms with E-state index in [4.69, 9.17) is 4.74 Å². The van der Waals surface area contributed by atoms with Crippen LogP contribution in [0.5, 0.6) is 5.75 Å². The molecule has 0 bridgehead atoms. The Morgan fingerprint density at radius 1 is 1.00 bits per heavy atom. The molecule has 0 radical (unpaired) electrons. The predicted octanol–water partition coefficient (Wildman–Crippen LogP) is 4.70. The number of hydrogen-bond acceptors (Lipinski definition) is 5. The SMILES string of the molecule is C=C(C)C(=O)NCCCCCCCCCCC(=O)Oc1ccc([N+](=O)[O-])cc1. The first kappa shape index (κ1) is 23.3. The molecule has 7 nitrogen and oxygen atoms in total. The molecule has 1 aromatic rings. The molecule has 0 unspecified atom stereocenters. The second-order valence-corrected chi connectivity index (χ2v) is 6.84. The maximum Gasteiger partial charge on any atom is 0.311 e. The lowest BCUT2D eigenvalue weighted by Gasteiger charge is -2.05. The third-order valence-electron chi connectivity index (χ3n) is 4.26. The molecule has 7 heteroatoms. The number of carbonyl (C=O) groups is 2. The van der Waals surface area contributed by atoms with Gasteiger partial charge in [-0.15, -0.1) is 0 Å². The summed E-state index contributed by atoms with van der Waals surface area (Å²) >= 11 is 0. The fourth-order valence-electron chi connectivity index (χ4n) is 2.63. The predicted molar refractivity (Wildman–Crippen MR) is 108 cm³/mol. The summed E-state index contributed by atoms with van der Waals surface area (Å²) in [7, 11) is 0. The van der Waals surface area contributed by atoms with Crippen molar-refractivity contribution in [2.45, 2.75) is 64.7 Å². The van der Waals surface area contributed by atoms with Crippen LogP contribution in [0.3, 0.4) is 0 Å².